The zero-order valence-corrected chi connectivity index (χ0v) is 11.2. The molecule has 2 rings (SSSR count). The van der Waals surface area contributed by atoms with E-state index in [-0.39, 0.29) is 5.92 Å². The first-order valence-corrected chi connectivity index (χ1v) is 6.44. The predicted molar refractivity (Wildman–Crippen MR) is 69.1 cm³/mol. The zero-order valence-electron chi connectivity index (χ0n) is 9.64. The Morgan fingerprint density at radius 1 is 1.59 bits per heavy atom. The molecule has 1 aliphatic heterocycles. The molecule has 1 fully saturated rings. The van der Waals surface area contributed by atoms with Crippen molar-refractivity contribution in [3.63, 3.8) is 0 Å². The van der Waals surface area contributed by atoms with Gasteiger partial charge < -0.3 is 10.0 Å². The maximum atomic E-state index is 11.1. The predicted octanol–water partition coefficient (Wildman–Crippen LogP) is 2.39. The van der Waals surface area contributed by atoms with E-state index in [9.17, 15) is 4.79 Å². The first-order valence-electron chi connectivity index (χ1n) is 5.65. The third-order valence-electron chi connectivity index (χ3n) is 3.10. The molecule has 0 aromatic carbocycles. The molecule has 1 aromatic heterocycles. The van der Waals surface area contributed by atoms with Crippen molar-refractivity contribution in [2.45, 2.75) is 13.3 Å². The summed E-state index contributed by atoms with van der Waals surface area (Å²) in [5.74, 6) is -0.588. The molecule has 0 amide bonds. The van der Waals surface area contributed by atoms with Gasteiger partial charge in [-0.1, -0.05) is 6.92 Å². The lowest BCUT2D eigenvalue weighted by atomic mass is 9.90. The van der Waals surface area contributed by atoms with Crippen LogP contribution in [0.1, 0.15) is 13.3 Å². The van der Waals surface area contributed by atoms with Gasteiger partial charge in [0.2, 0.25) is 0 Å². The van der Waals surface area contributed by atoms with Crippen molar-refractivity contribution in [2.24, 2.45) is 11.8 Å². The van der Waals surface area contributed by atoms with Crippen molar-refractivity contribution in [3.8, 4) is 0 Å². The van der Waals surface area contributed by atoms with Crippen LogP contribution < -0.4 is 4.90 Å². The van der Waals surface area contributed by atoms with E-state index in [1.54, 1.807) is 12.4 Å². The van der Waals surface area contributed by atoms with Crippen LogP contribution in [0.15, 0.2) is 22.9 Å². The highest BCUT2D eigenvalue weighted by atomic mass is 79.9. The molecule has 0 saturated carbocycles. The number of pyridine rings is 1. The summed E-state index contributed by atoms with van der Waals surface area (Å²) in [5, 5.41) is 9.14. The van der Waals surface area contributed by atoms with Crippen LogP contribution >= 0.6 is 15.9 Å². The lowest BCUT2D eigenvalue weighted by molar-refractivity contribution is -0.142. The highest BCUT2D eigenvalue weighted by molar-refractivity contribution is 9.10. The minimum Gasteiger partial charge on any atom is -0.481 e. The van der Waals surface area contributed by atoms with E-state index in [0.717, 1.165) is 23.1 Å². The maximum absolute atomic E-state index is 11.1. The third kappa shape index (κ3) is 2.77. The molecule has 0 spiro atoms. The first-order chi connectivity index (χ1) is 8.08. The number of halogens is 1. The van der Waals surface area contributed by atoms with Crippen LogP contribution in [-0.2, 0) is 4.79 Å². The van der Waals surface area contributed by atoms with Crippen LogP contribution in [0, 0.1) is 11.8 Å². The molecule has 17 heavy (non-hydrogen) atoms. The minimum absolute atomic E-state index is 0.279. The molecule has 1 aromatic rings. The van der Waals surface area contributed by atoms with Crippen molar-refractivity contribution < 1.29 is 9.90 Å². The molecule has 1 N–H and O–H groups in total. The van der Waals surface area contributed by atoms with Crippen LogP contribution in [0.25, 0.3) is 0 Å². The minimum atomic E-state index is -0.702. The molecule has 0 aliphatic carbocycles. The Hall–Kier alpha value is -1.10. The summed E-state index contributed by atoms with van der Waals surface area (Å²) in [6, 6.07) is 1.92. The van der Waals surface area contributed by atoms with Gasteiger partial charge in [0.1, 0.15) is 0 Å². The Balaban J connectivity index is 2.21. The second kappa shape index (κ2) is 5.04. The molecular weight excluding hydrogens is 284 g/mol. The molecule has 92 valence electrons. The number of anilines is 1. The second-order valence-electron chi connectivity index (χ2n) is 4.61. The standard InChI is InChI=1S/C12H15BrN2O2/c1-8-4-9(12(16)17)7-15(6-8)11-2-3-14-5-10(11)13/h2-3,5,8-9H,4,6-7H2,1H3,(H,16,17). The third-order valence-corrected chi connectivity index (χ3v) is 3.71. The van der Waals surface area contributed by atoms with Crippen LogP contribution in [0.4, 0.5) is 5.69 Å². The van der Waals surface area contributed by atoms with E-state index in [1.807, 2.05) is 6.07 Å². The number of nitrogens with zero attached hydrogens (tertiary/aromatic N) is 2. The van der Waals surface area contributed by atoms with Gasteiger partial charge in [-0.25, -0.2) is 0 Å². The van der Waals surface area contributed by atoms with Gasteiger partial charge in [0.15, 0.2) is 0 Å². The summed E-state index contributed by atoms with van der Waals surface area (Å²) in [5.41, 5.74) is 1.03. The van der Waals surface area contributed by atoms with Crippen molar-refractivity contribution in [1.29, 1.82) is 0 Å². The number of hydrogen-bond donors (Lipinski definition) is 1. The highest BCUT2D eigenvalue weighted by Gasteiger charge is 2.30. The van der Waals surface area contributed by atoms with Gasteiger partial charge in [-0.05, 0) is 34.3 Å². The Kier molecular flexibility index (Phi) is 3.66. The fourth-order valence-corrected chi connectivity index (χ4v) is 2.85. The fraction of sp³-hybridized carbons (Fsp3) is 0.500. The molecule has 1 saturated heterocycles. The smallest absolute Gasteiger partial charge is 0.308 e. The van der Waals surface area contributed by atoms with Crippen LogP contribution in [0.5, 0.6) is 0 Å². The Labute approximate surface area is 109 Å². The largest absolute Gasteiger partial charge is 0.481 e. The lowest BCUT2D eigenvalue weighted by Crippen LogP contribution is -2.42. The van der Waals surface area contributed by atoms with Crippen molar-refractivity contribution in [1.82, 2.24) is 4.98 Å². The monoisotopic (exact) mass is 298 g/mol. The molecule has 4 nitrogen and oxygen atoms in total. The van der Waals surface area contributed by atoms with E-state index in [2.05, 4.69) is 32.7 Å². The maximum Gasteiger partial charge on any atom is 0.308 e. The van der Waals surface area contributed by atoms with Crippen LogP contribution in [0.3, 0.4) is 0 Å². The van der Waals surface area contributed by atoms with Crippen molar-refractivity contribution in [3.05, 3.63) is 22.9 Å². The summed E-state index contributed by atoms with van der Waals surface area (Å²) >= 11 is 3.46. The van der Waals surface area contributed by atoms with Crippen molar-refractivity contribution in [2.75, 3.05) is 18.0 Å². The number of aromatic nitrogens is 1. The zero-order chi connectivity index (χ0) is 12.4. The molecular formula is C12H15BrN2O2. The van der Waals surface area contributed by atoms with Crippen LogP contribution in [0.2, 0.25) is 0 Å². The topological polar surface area (TPSA) is 53.4 Å². The van der Waals surface area contributed by atoms with Crippen molar-refractivity contribution >= 4 is 27.6 Å². The van der Waals surface area contributed by atoms with Gasteiger partial charge in [-0.2, -0.15) is 0 Å². The number of carbonyl (C=O) groups is 1. The van der Waals surface area contributed by atoms with Crippen LogP contribution in [-0.4, -0.2) is 29.1 Å². The van der Waals surface area contributed by atoms with E-state index >= 15 is 0 Å². The van der Waals surface area contributed by atoms with E-state index in [0.29, 0.717) is 12.5 Å². The highest BCUT2D eigenvalue weighted by Crippen LogP contribution is 2.31. The quantitative estimate of drug-likeness (QED) is 0.911. The Morgan fingerprint density at radius 3 is 3.00 bits per heavy atom. The van der Waals surface area contributed by atoms with Gasteiger partial charge >= 0.3 is 5.97 Å². The van der Waals surface area contributed by atoms with Gasteiger partial charge in [-0.3, -0.25) is 9.78 Å². The van der Waals surface area contributed by atoms with Gasteiger partial charge in [-0.15, -0.1) is 0 Å². The summed E-state index contributed by atoms with van der Waals surface area (Å²) < 4.78 is 0.915. The first kappa shape index (κ1) is 12.4. The molecule has 1 aliphatic rings. The lowest BCUT2D eigenvalue weighted by Gasteiger charge is -2.36. The summed E-state index contributed by atoms with van der Waals surface area (Å²) in [4.78, 5) is 17.3. The van der Waals surface area contributed by atoms with Gasteiger partial charge in [0.25, 0.3) is 0 Å². The van der Waals surface area contributed by atoms with E-state index in [1.165, 1.54) is 0 Å². The Bertz CT molecular complexity index is 425. The number of hydrogen-bond acceptors (Lipinski definition) is 3. The summed E-state index contributed by atoms with van der Waals surface area (Å²) in [6.45, 7) is 3.56. The van der Waals surface area contributed by atoms with Gasteiger partial charge in [0, 0.05) is 25.5 Å². The van der Waals surface area contributed by atoms with E-state index in [4.69, 9.17) is 5.11 Å². The number of carboxylic acids is 1. The molecule has 2 unspecified atom stereocenters. The normalized spacial score (nSPS) is 24.7. The average Bonchev–Trinajstić information content (AvgIpc) is 2.28. The summed E-state index contributed by atoms with van der Waals surface area (Å²) in [7, 11) is 0. The molecule has 2 atom stereocenters. The number of carboxylic acid groups (broad SMARTS) is 1. The average molecular weight is 299 g/mol. The second-order valence-corrected chi connectivity index (χ2v) is 5.46. The molecule has 5 heteroatoms. The SMILES string of the molecule is CC1CC(C(=O)O)CN(c2ccncc2Br)C1. The Morgan fingerprint density at radius 2 is 2.35 bits per heavy atom. The number of aliphatic carboxylic acids is 1. The number of piperidine rings is 1. The fourth-order valence-electron chi connectivity index (χ4n) is 2.35. The van der Waals surface area contributed by atoms with E-state index < -0.39 is 5.97 Å². The molecule has 0 bridgehead atoms. The number of rotatable bonds is 2. The molecule has 0 radical (unpaired) electrons. The van der Waals surface area contributed by atoms with Gasteiger partial charge in [0.05, 0.1) is 16.1 Å². The molecule has 2 heterocycles. The summed E-state index contributed by atoms with van der Waals surface area (Å²) in [6.07, 6.45) is 4.23.